The molecular weight excluding hydrogens is 769 g/mol. The van der Waals surface area contributed by atoms with Gasteiger partial charge < -0.3 is 14.0 Å². The first kappa shape index (κ1) is 35.4. The second-order valence-electron chi connectivity index (χ2n) is 16.4. The molecule has 11 aromatic rings. The van der Waals surface area contributed by atoms with E-state index in [1.165, 1.54) is 43.8 Å². The Morgan fingerprint density at radius 3 is 1.54 bits per heavy atom. The zero-order valence-corrected chi connectivity index (χ0v) is 34.1. The van der Waals surface area contributed by atoms with Crippen molar-refractivity contribution in [2.24, 2.45) is 0 Å². The van der Waals surface area contributed by atoms with Crippen molar-refractivity contribution in [2.75, 3.05) is 4.90 Å². The molecular formula is C57H38N6. The smallest absolute Gasteiger partial charge is 0.164 e. The molecule has 0 N–H and O–H groups in total. The molecule has 6 nitrogen and oxygen atoms in total. The van der Waals surface area contributed by atoms with E-state index in [4.69, 9.17) is 15.0 Å². The molecule has 0 spiro atoms. The summed E-state index contributed by atoms with van der Waals surface area (Å²) in [7, 11) is 0. The first-order chi connectivity index (χ1) is 31.3. The van der Waals surface area contributed by atoms with Crippen molar-refractivity contribution in [3.05, 3.63) is 224 Å². The molecule has 8 aromatic carbocycles. The van der Waals surface area contributed by atoms with Gasteiger partial charge in [0.2, 0.25) is 0 Å². The molecule has 0 saturated carbocycles. The van der Waals surface area contributed by atoms with Crippen molar-refractivity contribution < 1.29 is 0 Å². The first-order valence-electron chi connectivity index (χ1n) is 21.5. The number of hydrogen-bond acceptors (Lipinski definition) is 4. The van der Waals surface area contributed by atoms with Gasteiger partial charge in [-0.2, -0.15) is 0 Å². The molecule has 1 aliphatic heterocycles. The van der Waals surface area contributed by atoms with Crippen molar-refractivity contribution in [3.8, 4) is 45.5 Å². The Morgan fingerprint density at radius 2 is 0.873 bits per heavy atom. The van der Waals surface area contributed by atoms with Gasteiger partial charge in [0.05, 0.1) is 39.5 Å². The van der Waals surface area contributed by atoms with Gasteiger partial charge >= 0.3 is 0 Å². The van der Waals surface area contributed by atoms with Crippen LogP contribution in [0.2, 0.25) is 0 Å². The van der Waals surface area contributed by atoms with E-state index in [-0.39, 0.29) is 12.0 Å². The van der Waals surface area contributed by atoms with E-state index in [2.05, 4.69) is 172 Å². The number of benzene rings is 8. The van der Waals surface area contributed by atoms with Crippen LogP contribution in [-0.2, 0) is 0 Å². The Morgan fingerprint density at radius 1 is 0.349 bits per heavy atom. The molecule has 2 atom stereocenters. The van der Waals surface area contributed by atoms with E-state index in [1.807, 2.05) is 60.7 Å². The van der Waals surface area contributed by atoms with Gasteiger partial charge in [-0.05, 0) is 54.1 Å². The molecule has 0 amide bonds. The lowest BCUT2D eigenvalue weighted by molar-refractivity contribution is 0.744. The van der Waals surface area contributed by atoms with Crippen molar-refractivity contribution >= 4 is 55.0 Å². The van der Waals surface area contributed by atoms with Gasteiger partial charge in [0, 0.05) is 55.5 Å². The molecule has 0 bridgehead atoms. The van der Waals surface area contributed by atoms with Crippen molar-refractivity contribution in [2.45, 2.75) is 12.0 Å². The summed E-state index contributed by atoms with van der Waals surface area (Å²) in [5, 5.41) is 4.84. The molecule has 1 aliphatic carbocycles. The Labute approximate surface area is 364 Å². The summed E-state index contributed by atoms with van der Waals surface area (Å²) in [5.41, 5.74) is 13.3. The highest BCUT2D eigenvalue weighted by Gasteiger charge is 2.39. The van der Waals surface area contributed by atoms with Gasteiger partial charge in [0.25, 0.3) is 0 Å². The van der Waals surface area contributed by atoms with Crippen LogP contribution in [-0.4, -0.2) is 30.1 Å². The third-order valence-electron chi connectivity index (χ3n) is 12.9. The highest BCUT2D eigenvalue weighted by Crippen LogP contribution is 2.51. The fourth-order valence-electron chi connectivity index (χ4n) is 10.1. The summed E-state index contributed by atoms with van der Waals surface area (Å²) in [4.78, 5) is 17.8. The zero-order valence-electron chi connectivity index (χ0n) is 34.1. The number of nitrogens with zero attached hydrogens (tertiary/aromatic N) is 6. The van der Waals surface area contributed by atoms with Crippen LogP contribution < -0.4 is 4.90 Å². The molecule has 4 heterocycles. The number of aromatic nitrogens is 5. The molecule has 2 unspecified atom stereocenters. The maximum Gasteiger partial charge on any atom is 0.164 e. The molecule has 6 heteroatoms. The quantitative estimate of drug-likeness (QED) is 0.168. The maximum absolute atomic E-state index is 5.11. The molecule has 0 saturated heterocycles. The second-order valence-corrected chi connectivity index (χ2v) is 16.4. The fraction of sp³-hybridized carbons (Fsp3) is 0.0351. The van der Waals surface area contributed by atoms with E-state index in [1.54, 1.807) is 0 Å². The van der Waals surface area contributed by atoms with Crippen LogP contribution in [0, 0.1) is 0 Å². The average molecular weight is 807 g/mol. The Balaban J connectivity index is 1.08. The molecule has 296 valence electrons. The van der Waals surface area contributed by atoms with Crippen molar-refractivity contribution in [3.63, 3.8) is 0 Å². The van der Waals surface area contributed by atoms with Crippen LogP contribution in [0.1, 0.15) is 11.5 Å². The monoisotopic (exact) mass is 806 g/mol. The van der Waals surface area contributed by atoms with Crippen LogP contribution in [0.4, 0.5) is 11.4 Å². The second kappa shape index (κ2) is 14.1. The van der Waals surface area contributed by atoms with Crippen LogP contribution in [0.5, 0.6) is 0 Å². The lowest BCUT2D eigenvalue weighted by atomic mass is 9.91. The number of rotatable bonds is 6. The summed E-state index contributed by atoms with van der Waals surface area (Å²) >= 11 is 0. The number of hydrogen-bond donors (Lipinski definition) is 0. The zero-order chi connectivity index (χ0) is 41.4. The standard InChI is InChI=1S/C57H38N6/c1-3-18-37(19-4-1)55-58-56(38-20-5-2-6-21-38)60-57(59-55)39-22-17-23-40(34-39)61-47-29-12-11-28-45(47)46-35-53(62-48-30-13-7-24-41(48)42-25-8-14-31-49(42)62)54(36-52(46)61)63-50-32-15-9-26-43(50)44-27-10-16-33-51(44)63/h1-36,41,48H. The van der Waals surface area contributed by atoms with Gasteiger partial charge in [-0.15, -0.1) is 0 Å². The van der Waals surface area contributed by atoms with Crippen molar-refractivity contribution in [1.82, 2.24) is 24.1 Å². The fourth-order valence-corrected chi connectivity index (χ4v) is 10.1. The molecule has 0 fully saturated rings. The summed E-state index contributed by atoms with van der Waals surface area (Å²) in [6, 6.07) is 69.3. The maximum atomic E-state index is 5.11. The minimum atomic E-state index is 0.128. The molecule has 3 aromatic heterocycles. The largest absolute Gasteiger partial charge is 0.332 e. The first-order valence-corrected chi connectivity index (χ1v) is 21.5. The van der Waals surface area contributed by atoms with E-state index in [0.717, 1.165) is 44.8 Å². The van der Waals surface area contributed by atoms with E-state index < -0.39 is 0 Å². The normalized spacial score (nSPS) is 15.5. The SMILES string of the molecule is C1=CC2c3ccccc3N(c3cc4c5ccccc5n(-c5cccc(-c6nc(-c7ccccc7)nc(-c7ccccc7)n6)c5)c4cc3-n3c4ccccc4c4ccccc43)C2C=C1. The van der Waals surface area contributed by atoms with Gasteiger partial charge in [-0.3, -0.25) is 0 Å². The number of fused-ring (bicyclic) bond motifs is 9. The van der Waals surface area contributed by atoms with Gasteiger partial charge in [-0.25, -0.2) is 15.0 Å². The summed E-state index contributed by atoms with van der Waals surface area (Å²) in [6.07, 6.45) is 9.13. The highest BCUT2D eigenvalue weighted by molar-refractivity contribution is 6.14. The number of para-hydroxylation sites is 4. The average Bonchev–Trinajstić information content (AvgIpc) is 3.99. The third kappa shape index (κ3) is 5.55. The molecule has 0 radical (unpaired) electrons. The predicted octanol–water partition coefficient (Wildman–Crippen LogP) is 13.8. The predicted molar refractivity (Wildman–Crippen MR) is 258 cm³/mol. The third-order valence-corrected chi connectivity index (χ3v) is 12.9. The lowest BCUT2D eigenvalue weighted by Gasteiger charge is -2.31. The van der Waals surface area contributed by atoms with Gasteiger partial charge in [0.1, 0.15) is 0 Å². The van der Waals surface area contributed by atoms with E-state index in [9.17, 15) is 0 Å². The van der Waals surface area contributed by atoms with Crippen LogP contribution in [0.3, 0.4) is 0 Å². The van der Waals surface area contributed by atoms with Gasteiger partial charge in [0.15, 0.2) is 17.5 Å². The number of allylic oxidation sites excluding steroid dienone is 2. The Hall–Kier alpha value is -8.35. The minimum absolute atomic E-state index is 0.128. The van der Waals surface area contributed by atoms with Crippen LogP contribution in [0.15, 0.2) is 218 Å². The van der Waals surface area contributed by atoms with Crippen LogP contribution >= 0.6 is 0 Å². The number of anilines is 2. The topological polar surface area (TPSA) is 51.8 Å². The van der Waals surface area contributed by atoms with E-state index >= 15 is 0 Å². The highest BCUT2D eigenvalue weighted by atomic mass is 15.2. The van der Waals surface area contributed by atoms with Crippen molar-refractivity contribution in [1.29, 1.82) is 0 Å². The Kier molecular flexibility index (Phi) is 7.93. The molecule has 63 heavy (non-hydrogen) atoms. The summed E-state index contributed by atoms with van der Waals surface area (Å²) in [6.45, 7) is 0. The minimum Gasteiger partial charge on any atom is -0.332 e. The van der Waals surface area contributed by atoms with E-state index in [0.29, 0.717) is 17.5 Å². The molecule has 13 rings (SSSR count). The summed E-state index contributed by atoms with van der Waals surface area (Å²) < 4.78 is 4.90. The summed E-state index contributed by atoms with van der Waals surface area (Å²) in [5.74, 6) is 2.14. The van der Waals surface area contributed by atoms with Gasteiger partial charge in [-0.1, -0.05) is 170 Å². The lowest BCUT2D eigenvalue weighted by Crippen LogP contribution is -2.29. The Bertz CT molecular complexity index is 3540. The molecule has 2 aliphatic rings. The van der Waals surface area contributed by atoms with Crippen LogP contribution in [0.25, 0.3) is 89.2 Å².